The fraction of sp³-hybridized carbons (Fsp3) is 0.727. The van der Waals surface area contributed by atoms with E-state index in [-0.39, 0.29) is 11.8 Å². The van der Waals surface area contributed by atoms with Crippen molar-refractivity contribution >= 4 is 5.91 Å². The average Bonchev–Trinajstić information content (AvgIpc) is 2.45. The Balaban J connectivity index is 2.32. The third-order valence-corrected chi connectivity index (χ3v) is 3.90. The molecule has 1 N–H and O–H groups in total. The second-order valence-electron chi connectivity index (χ2n) is 4.49. The summed E-state index contributed by atoms with van der Waals surface area (Å²) in [6.07, 6.45) is 2.16. The molecule has 2 heteroatoms. The predicted molar refractivity (Wildman–Crippen MR) is 52.1 cm³/mol. The molecule has 0 bridgehead atoms. The molecule has 2 aliphatic rings. The lowest BCUT2D eigenvalue weighted by atomic mass is 9.70. The van der Waals surface area contributed by atoms with Crippen LogP contribution in [0, 0.1) is 23.7 Å². The van der Waals surface area contributed by atoms with E-state index in [2.05, 4.69) is 32.2 Å². The van der Waals surface area contributed by atoms with Crippen molar-refractivity contribution in [3.8, 4) is 0 Å². The zero-order chi connectivity index (χ0) is 9.59. The van der Waals surface area contributed by atoms with Crippen molar-refractivity contribution in [2.75, 3.05) is 6.54 Å². The first kappa shape index (κ1) is 8.79. The molecule has 2 rings (SSSR count). The zero-order valence-corrected chi connectivity index (χ0v) is 8.50. The molecule has 1 fully saturated rings. The van der Waals surface area contributed by atoms with Gasteiger partial charge in [-0.05, 0) is 24.7 Å². The van der Waals surface area contributed by atoms with Gasteiger partial charge in [-0.3, -0.25) is 4.79 Å². The van der Waals surface area contributed by atoms with Gasteiger partial charge in [-0.25, -0.2) is 0 Å². The van der Waals surface area contributed by atoms with Crippen LogP contribution in [0.15, 0.2) is 11.6 Å². The van der Waals surface area contributed by atoms with Crippen LogP contribution in [0.3, 0.4) is 0 Å². The monoisotopic (exact) mass is 179 g/mol. The van der Waals surface area contributed by atoms with Crippen molar-refractivity contribution in [3.63, 3.8) is 0 Å². The lowest BCUT2D eigenvalue weighted by molar-refractivity contribution is -0.122. The first-order valence-electron chi connectivity index (χ1n) is 5.07. The molecular weight excluding hydrogens is 162 g/mol. The summed E-state index contributed by atoms with van der Waals surface area (Å²) in [5, 5.41) is 2.95. The van der Waals surface area contributed by atoms with Crippen LogP contribution in [0.4, 0.5) is 0 Å². The number of allylic oxidation sites excluding steroid dienone is 1. The summed E-state index contributed by atoms with van der Waals surface area (Å²) in [6.45, 7) is 7.54. The van der Waals surface area contributed by atoms with E-state index in [0.717, 1.165) is 6.54 Å². The Kier molecular flexibility index (Phi) is 1.94. The fourth-order valence-corrected chi connectivity index (χ4v) is 2.59. The number of carbonyl (C=O) groups excluding carboxylic acids is 1. The number of hydrogen-bond donors (Lipinski definition) is 1. The highest BCUT2D eigenvalue weighted by Gasteiger charge is 2.41. The molecule has 0 saturated carbocycles. The van der Waals surface area contributed by atoms with Crippen LogP contribution in [-0.4, -0.2) is 12.5 Å². The van der Waals surface area contributed by atoms with Crippen molar-refractivity contribution < 1.29 is 4.79 Å². The molecule has 0 unspecified atom stereocenters. The lowest BCUT2D eigenvalue weighted by Crippen LogP contribution is -2.30. The van der Waals surface area contributed by atoms with E-state index in [1.54, 1.807) is 0 Å². The van der Waals surface area contributed by atoms with Gasteiger partial charge in [0.05, 0.1) is 5.92 Å². The first-order chi connectivity index (χ1) is 6.11. The maximum Gasteiger partial charge on any atom is 0.227 e. The van der Waals surface area contributed by atoms with Gasteiger partial charge in [-0.15, -0.1) is 0 Å². The average molecular weight is 179 g/mol. The molecule has 13 heavy (non-hydrogen) atoms. The first-order valence-corrected chi connectivity index (χ1v) is 5.07. The van der Waals surface area contributed by atoms with Crippen molar-refractivity contribution in [2.45, 2.75) is 20.8 Å². The van der Waals surface area contributed by atoms with E-state index in [1.165, 1.54) is 5.57 Å². The maximum absolute atomic E-state index is 11.5. The molecule has 0 radical (unpaired) electrons. The van der Waals surface area contributed by atoms with Crippen LogP contribution >= 0.6 is 0 Å². The maximum atomic E-state index is 11.5. The normalized spacial score (nSPS) is 43.9. The molecule has 1 amide bonds. The molecule has 0 aromatic carbocycles. The highest BCUT2D eigenvalue weighted by atomic mass is 16.2. The van der Waals surface area contributed by atoms with E-state index < -0.39 is 0 Å². The number of hydrogen-bond acceptors (Lipinski definition) is 1. The Hall–Kier alpha value is -0.790. The molecule has 1 heterocycles. The standard InChI is InChI=1S/C11H17NO/c1-6-4-9-10(5-12-11(9)13)8(3)7(6)2/h4,7-10H,5H2,1-3H3,(H,12,13)/t7-,8+,9+,10+/m1/s1. The molecular formula is C11H17NO. The lowest BCUT2D eigenvalue weighted by Gasteiger charge is -2.33. The van der Waals surface area contributed by atoms with Gasteiger partial charge in [0, 0.05) is 6.54 Å². The number of nitrogens with one attached hydrogen (secondary N) is 1. The summed E-state index contributed by atoms with van der Waals surface area (Å²) >= 11 is 0. The molecule has 4 atom stereocenters. The minimum absolute atomic E-state index is 0.159. The minimum atomic E-state index is 0.159. The molecule has 2 nitrogen and oxygen atoms in total. The molecule has 1 saturated heterocycles. The number of amides is 1. The van der Waals surface area contributed by atoms with Crippen LogP contribution in [0.2, 0.25) is 0 Å². The van der Waals surface area contributed by atoms with Gasteiger partial charge >= 0.3 is 0 Å². The highest BCUT2D eigenvalue weighted by molar-refractivity contribution is 5.83. The molecule has 72 valence electrons. The summed E-state index contributed by atoms with van der Waals surface area (Å²) in [5.41, 5.74) is 1.38. The van der Waals surface area contributed by atoms with E-state index in [1.807, 2.05) is 0 Å². The fourth-order valence-electron chi connectivity index (χ4n) is 2.59. The van der Waals surface area contributed by atoms with E-state index in [9.17, 15) is 4.79 Å². The molecule has 1 aliphatic carbocycles. The summed E-state index contributed by atoms with van der Waals surface area (Å²) < 4.78 is 0. The third kappa shape index (κ3) is 1.19. The van der Waals surface area contributed by atoms with Crippen LogP contribution in [0.5, 0.6) is 0 Å². The van der Waals surface area contributed by atoms with Crippen LogP contribution in [-0.2, 0) is 4.79 Å². The second kappa shape index (κ2) is 2.86. The Morgan fingerprint density at radius 2 is 2.15 bits per heavy atom. The Bertz CT molecular complexity index is 269. The van der Waals surface area contributed by atoms with Gasteiger partial charge in [0.15, 0.2) is 0 Å². The summed E-state index contributed by atoms with van der Waals surface area (Å²) in [6, 6.07) is 0. The molecule has 0 aromatic heterocycles. The van der Waals surface area contributed by atoms with Crippen molar-refractivity contribution in [1.82, 2.24) is 5.32 Å². The largest absolute Gasteiger partial charge is 0.355 e. The van der Waals surface area contributed by atoms with Crippen LogP contribution in [0.25, 0.3) is 0 Å². The number of carbonyl (C=O) groups is 1. The van der Waals surface area contributed by atoms with Gasteiger partial charge in [-0.2, -0.15) is 0 Å². The second-order valence-corrected chi connectivity index (χ2v) is 4.49. The minimum Gasteiger partial charge on any atom is -0.355 e. The van der Waals surface area contributed by atoms with Gasteiger partial charge < -0.3 is 5.32 Å². The van der Waals surface area contributed by atoms with E-state index in [0.29, 0.717) is 17.8 Å². The smallest absolute Gasteiger partial charge is 0.227 e. The predicted octanol–water partition coefficient (Wildman–Crippen LogP) is 1.58. The van der Waals surface area contributed by atoms with Crippen molar-refractivity contribution in [3.05, 3.63) is 11.6 Å². The van der Waals surface area contributed by atoms with Gasteiger partial charge in [0.2, 0.25) is 5.91 Å². The van der Waals surface area contributed by atoms with Crippen molar-refractivity contribution in [2.24, 2.45) is 23.7 Å². The topological polar surface area (TPSA) is 29.1 Å². The van der Waals surface area contributed by atoms with Gasteiger partial charge in [-0.1, -0.05) is 25.5 Å². The highest BCUT2D eigenvalue weighted by Crippen LogP contribution is 2.39. The molecule has 0 spiro atoms. The number of rotatable bonds is 0. The van der Waals surface area contributed by atoms with Gasteiger partial charge in [0.25, 0.3) is 0 Å². The number of fused-ring (bicyclic) bond motifs is 1. The summed E-state index contributed by atoms with van der Waals surface area (Å²) in [5.74, 6) is 2.18. The Labute approximate surface area is 79.4 Å². The van der Waals surface area contributed by atoms with E-state index >= 15 is 0 Å². The van der Waals surface area contributed by atoms with Gasteiger partial charge in [0.1, 0.15) is 0 Å². The zero-order valence-electron chi connectivity index (χ0n) is 8.50. The summed E-state index contributed by atoms with van der Waals surface area (Å²) in [7, 11) is 0. The molecule has 1 aliphatic heterocycles. The quantitative estimate of drug-likeness (QED) is 0.562. The molecule has 0 aromatic rings. The third-order valence-electron chi connectivity index (χ3n) is 3.90. The Morgan fingerprint density at radius 1 is 1.46 bits per heavy atom. The van der Waals surface area contributed by atoms with E-state index in [4.69, 9.17) is 0 Å². The SMILES string of the molecule is CC1=C[C@@H]2C(=O)NC[C@H]2[C@@H](C)[C@@H]1C. The Morgan fingerprint density at radius 3 is 2.85 bits per heavy atom. The van der Waals surface area contributed by atoms with Crippen molar-refractivity contribution in [1.29, 1.82) is 0 Å². The van der Waals surface area contributed by atoms with Crippen LogP contribution < -0.4 is 5.32 Å². The summed E-state index contributed by atoms with van der Waals surface area (Å²) in [4.78, 5) is 11.5. The van der Waals surface area contributed by atoms with Crippen LogP contribution in [0.1, 0.15) is 20.8 Å².